The van der Waals surface area contributed by atoms with Crippen LogP contribution in [0.4, 0.5) is 4.79 Å². The summed E-state index contributed by atoms with van der Waals surface area (Å²) in [4.78, 5) is 42.4. The van der Waals surface area contributed by atoms with Crippen molar-refractivity contribution in [3.05, 3.63) is 12.3 Å². The number of piperazine rings is 1. The number of hydrogen-bond acceptors (Lipinski definition) is 7. The van der Waals surface area contributed by atoms with Gasteiger partial charge < -0.3 is 20.1 Å². The highest BCUT2D eigenvalue weighted by atomic mass is 16.6. The Hall–Kier alpha value is -2.46. The van der Waals surface area contributed by atoms with E-state index < -0.39 is 24.1 Å². The van der Waals surface area contributed by atoms with E-state index in [1.807, 2.05) is 12.4 Å². The molecule has 1 saturated carbocycles. The van der Waals surface area contributed by atoms with Gasteiger partial charge in [-0.25, -0.2) is 14.8 Å². The molecular formula is C19H25N5O5. The Morgan fingerprint density at radius 2 is 2.07 bits per heavy atom. The van der Waals surface area contributed by atoms with Gasteiger partial charge in [0.1, 0.15) is 0 Å². The molecule has 29 heavy (non-hydrogen) atoms. The van der Waals surface area contributed by atoms with Crippen LogP contribution >= 0.6 is 0 Å². The van der Waals surface area contributed by atoms with Crippen molar-refractivity contribution < 1.29 is 24.2 Å². The molecule has 5 rings (SSSR count). The molecule has 4 heterocycles. The highest BCUT2D eigenvalue weighted by Crippen LogP contribution is 2.55. The highest BCUT2D eigenvalue weighted by molar-refractivity contribution is 5.86. The van der Waals surface area contributed by atoms with Gasteiger partial charge in [0.2, 0.25) is 6.10 Å². The topological polar surface area (TPSA) is 115 Å². The molecular weight excluding hydrogens is 378 g/mol. The Morgan fingerprint density at radius 3 is 2.76 bits per heavy atom. The number of hydrazine groups is 1. The summed E-state index contributed by atoms with van der Waals surface area (Å²) in [6.45, 7) is 2.41. The van der Waals surface area contributed by atoms with Gasteiger partial charge in [-0.3, -0.25) is 14.6 Å². The zero-order valence-electron chi connectivity index (χ0n) is 16.1. The molecule has 0 aromatic carbocycles. The Morgan fingerprint density at radius 1 is 1.28 bits per heavy atom. The first-order valence-electron chi connectivity index (χ1n) is 10.2. The third-order valence-electron chi connectivity index (χ3n) is 6.92. The Bertz CT molecular complexity index is 792. The van der Waals surface area contributed by atoms with E-state index in [0.29, 0.717) is 32.5 Å². The van der Waals surface area contributed by atoms with Crippen LogP contribution in [0.3, 0.4) is 0 Å². The van der Waals surface area contributed by atoms with Crippen LogP contribution in [0.15, 0.2) is 17.3 Å². The van der Waals surface area contributed by atoms with E-state index in [0.717, 1.165) is 13.0 Å². The molecule has 1 aliphatic carbocycles. The smallest absolute Gasteiger partial charge is 0.425 e. The molecule has 4 aliphatic heterocycles. The van der Waals surface area contributed by atoms with Crippen LogP contribution < -0.4 is 5.32 Å². The summed E-state index contributed by atoms with van der Waals surface area (Å²) >= 11 is 0. The third-order valence-corrected chi connectivity index (χ3v) is 6.92. The number of aliphatic imine (C=N–C) groups is 1. The average Bonchev–Trinajstić information content (AvgIpc) is 3.17. The van der Waals surface area contributed by atoms with Gasteiger partial charge in [-0.2, -0.15) is 0 Å². The molecule has 4 unspecified atom stereocenters. The predicted molar refractivity (Wildman–Crippen MR) is 101 cm³/mol. The number of carboxylic acid groups (broad SMARTS) is 1. The maximum Gasteiger partial charge on any atom is 0.425 e. The van der Waals surface area contributed by atoms with E-state index in [-0.39, 0.29) is 30.0 Å². The fourth-order valence-electron chi connectivity index (χ4n) is 5.25. The van der Waals surface area contributed by atoms with Crippen molar-refractivity contribution in [3.8, 4) is 0 Å². The highest BCUT2D eigenvalue weighted by Gasteiger charge is 2.68. The number of cyclic esters (lactones) is 1. The SMILES string of the molecule is O=C(O)C1CCN(C(=O)C2CN(N3CCNC4C3C43C=CN=CC3)C(=O)O2)CC1. The van der Waals surface area contributed by atoms with Gasteiger partial charge in [0.25, 0.3) is 5.91 Å². The summed E-state index contributed by atoms with van der Waals surface area (Å²) in [7, 11) is 0. The first kappa shape index (κ1) is 18.6. The molecule has 4 fully saturated rings. The van der Waals surface area contributed by atoms with Crippen LogP contribution in [0.2, 0.25) is 0 Å². The van der Waals surface area contributed by atoms with E-state index >= 15 is 0 Å². The lowest BCUT2D eigenvalue weighted by Gasteiger charge is -2.34. The minimum Gasteiger partial charge on any atom is -0.481 e. The average molecular weight is 403 g/mol. The molecule has 5 aliphatic rings. The molecule has 10 heteroatoms. The summed E-state index contributed by atoms with van der Waals surface area (Å²) in [6, 6.07) is 0.406. The van der Waals surface area contributed by atoms with Gasteiger partial charge in [-0.05, 0) is 19.3 Å². The van der Waals surface area contributed by atoms with Gasteiger partial charge in [0.05, 0.1) is 18.5 Å². The minimum absolute atomic E-state index is 0.0562. The quantitative estimate of drug-likeness (QED) is 0.663. The number of ether oxygens (including phenoxy) is 1. The van der Waals surface area contributed by atoms with E-state index in [1.54, 1.807) is 9.91 Å². The van der Waals surface area contributed by atoms with E-state index in [2.05, 4.69) is 21.4 Å². The lowest BCUT2D eigenvalue weighted by Crippen LogP contribution is -2.54. The van der Waals surface area contributed by atoms with Crippen molar-refractivity contribution in [2.75, 3.05) is 32.7 Å². The summed E-state index contributed by atoms with van der Waals surface area (Å²) in [6.07, 6.45) is 6.21. The number of piperidine rings is 1. The molecule has 2 N–H and O–H groups in total. The third kappa shape index (κ3) is 2.93. The molecule has 0 aromatic heterocycles. The molecule has 0 bridgehead atoms. The van der Waals surface area contributed by atoms with Crippen molar-refractivity contribution in [1.29, 1.82) is 0 Å². The van der Waals surface area contributed by atoms with Crippen LogP contribution in [-0.4, -0.2) is 95.1 Å². The second-order valence-corrected chi connectivity index (χ2v) is 8.40. The number of hydrogen-bond donors (Lipinski definition) is 2. The first-order chi connectivity index (χ1) is 14.0. The number of carboxylic acids is 1. The Balaban J connectivity index is 1.24. The molecule has 0 aromatic rings. The summed E-state index contributed by atoms with van der Waals surface area (Å²) < 4.78 is 5.43. The number of nitrogens with one attached hydrogen (secondary N) is 1. The largest absolute Gasteiger partial charge is 0.481 e. The van der Waals surface area contributed by atoms with Crippen LogP contribution in [0.25, 0.3) is 0 Å². The summed E-state index contributed by atoms with van der Waals surface area (Å²) in [5.41, 5.74) is -0.0562. The van der Waals surface area contributed by atoms with Gasteiger partial charge in [-0.1, -0.05) is 6.08 Å². The second-order valence-electron chi connectivity index (χ2n) is 8.40. The molecule has 1 spiro atoms. The van der Waals surface area contributed by atoms with Gasteiger partial charge in [-0.15, -0.1) is 0 Å². The second kappa shape index (κ2) is 6.81. The number of rotatable bonds is 3. The number of fused-ring (bicyclic) bond motifs is 3. The molecule has 3 saturated heterocycles. The number of likely N-dealkylation sites (tertiary alicyclic amines) is 1. The first-order valence-corrected chi connectivity index (χ1v) is 10.2. The van der Waals surface area contributed by atoms with Crippen LogP contribution in [0.5, 0.6) is 0 Å². The molecule has 10 nitrogen and oxygen atoms in total. The number of nitrogens with zero attached hydrogens (tertiary/aromatic N) is 4. The Kier molecular flexibility index (Phi) is 4.36. The van der Waals surface area contributed by atoms with Crippen molar-refractivity contribution in [1.82, 2.24) is 20.2 Å². The van der Waals surface area contributed by atoms with Crippen molar-refractivity contribution in [2.45, 2.75) is 37.5 Å². The summed E-state index contributed by atoms with van der Waals surface area (Å²) in [5, 5.41) is 16.3. The van der Waals surface area contributed by atoms with Crippen molar-refractivity contribution in [3.63, 3.8) is 0 Å². The van der Waals surface area contributed by atoms with Gasteiger partial charge >= 0.3 is 12.1 Å². The van der Waals surface area contributed by atoms with Crippen molar-refractivity contribution in [2.24, 2.45) is 16.3 Å². The van der Waals surface area contributed by atoms with Crippen LogP contribution in [0, 0.1) is 11.3 Å². The van der Waals surface area contributed by atoms with E-state index in [1.165, 1.54) is 0 Å². The number of aliphatic carboxylic acids is 1. The number of carbonyl (C=O) groups is 3. The monoisotopic (exact) mass is 403 g/mol. The van der Waals surface area contributed by atoms with Gasteiger partial charge in [0.15, 0.2) is 0 Å². The lowest BCUT2D eigenvalue weighted by atomic mass is 9.97. The molecule has 0 radical (unpaired) electrons. The van der Waals surface area contributed by atoms with Crippen molar-refractivity contribution >= 4 is 24.2 Å². The minimum atomic E-state index is -0.838. The van der Waals surface area contributed by atoms with Crippen LogP contribution in [0.1, 0.15) is 19.3 Å². The summed E-state index contributed by atoms with van der Waals surface area (Å²) in [5.74, 6) is -1.45. The standard InChI is InChI=1S/C19H25N5O5/c25-16(22-8-1-12(2-9-22)17(26)27)13-11-24(18(28)29-13)23-10-7-21-14-15(23)19(14)3-5-20-6-4-19/h3,5-6,12-15,21H,1-2,4,7-11H2,(H,26,27). The zero-order valence-corrected chi connectivity index (χ0v) is 16.1. The molecule has 156 valence electrons. The normalized spacial score (nSPS) is 37.0. The maximum atomic E-state index is 12.9. The Labute approximate surface area is 168 Å². The molecule has 4 atom stereocenters. The fourth-order valence-corrected chi connectivity index (χ4v) is 5.25. The maximum absolute atomic E-state index is 12.9. The predicted octanol–water partition coefficient (Wildman–Crippen LogP) is -0.324. The molecule has 2 amide bonds. The number of amides is 2. The van der Waals surface area contributed by atoms with Gasteiger partial charge in [0, 0.05) is 50.1 Å². The fraction of sp³-hybridized carbons (Fsp3) is 0.684. The van der Waals surface area contributed by atoms with Crippen LogP contribution in [-0.2, 0) is 14.3 Å². The lowest BCUT2D eigenvalue weighted by molar-refractivity contribution is -0.147. The van der Waals surface area contributed by atoms with E-state index in [4.69, 9.17) is 9.84 Å². The zero-order chi connectivity index (χ0) is 20.2. The van der Waals surface area contributed by atoms with E-state index in [9.17, 15) is 14.4 Å². The number of carbonyl (C=O) groups excluding carboxylic acids is 2.